The largest absolute Gasteiger partial charge is 0.494 e. The Morgan fingerprint density at radius 3 is 2.57 bits per heavy atom. The molecule has 1 aliphatic rings. The van der Waals surface area contributed by atoms with Crippen LogP contribution in [0.3, 0.4) is 0 Å². The van der Waals surface area contributed by atoms with Crippen LogP contribution in [0.25, 0.3) is 11.3 Å². The molecule has 2 heterocycles. The number of hydrogen-bond acceptors (Lipinski definition) is 5. The molecule has 1 aromatic heterocycles. The molecule has 0 radical (unpaired) electrons. The van der Waals surface area contributed by atoms with Crippen LogP contribution in [0.4, 0.5) is 0 Å². The maximum absolute atomic E-state index is 9.73. The smallest absolute Gasteiger partial charge is 0.244 e. The minimum Gasteiger partial charge on any atom is -0.494 e. The van der Waals surface area contributed by atoms with Crippen LogP contribution < -0.4 is 15.2 Å². The van der Waals surface area contributed by atoms with E-state index in [0.717, 1.165) is 28.1 Å². The summed E-state index contributed by atoms with van der Waals surface area (Å²) in [7, 11) is 0. The zero-order chi connectivity index (χ0) is 19.7. The number of aromatic amines is 1. The lowest BCUT2D eigenvalue weighted by molar-refractivity contribution is 0.340. The average molecular weight is 393 g/mol. The highest BCUT2D eigenvalue weighted by Crippen LogP contribution is 2.45. The summed E-state index contributed by atoms with van der Waals surface area (Å²) in [6, 6.07) is 17.2. The molecule has 0 unspecified atom stereocenters. The molecule has 0 amide bonds. The highest BCUT2D eigenvalue weighted by Gasteiger charge is 2.35. The lowest BCUT2D eigenvalue weighted by Gasteiger charge is -2.24. The molecule has 4 rings (SSSR count). The molecule has 0 bridgehead atoms. The number of nitrogens with zero attached hydrogens (tertiary/aromatic N) is 2. The number of aromatic nitrogens is 2. The third-order valence-electron chi connectivity index (χ3n) is 4.60. The second-order valence-corrected chi connectivity index (χ2v) is 6.69. The SMILES string of the molecule is CCOc1ccc(-c2[nH]nc3c2[C@@H](c2ccc(Cl)cc2)C(C#N)=C(N)O3)cc1. The van der Waals surface area contributed by atoms with Crippen molar-refractivity contribution >= 4 is 11.6 Å². The molecule has 6 nitrogen and oxygen atoms in total. The van der Waals surface area contributed by atoms with Gasteiger partial charge in [-0.25, -0.2) is 0 Å². The zero-order valence-electron chi connectivity index (χ0n) is 15.1. The van der Waals surface area contributed by atoms with E-state index in [0.29, 0.717) is 23.1 Å². The Balaban J connectivity index is 1.85. The topological polar surface area (TPSA) is 97.0 Å². The van der Waals surface area contributed by atoms with Crippen molar-refractivity contribution in [3.8, 4) is 29.0 Å². The first-order chi connectivity index (χ1) is 13.6. The van der Waals surface area contributed by atoms with Crippen molar-refractivity contribution in [2.75, 3.05) is 6.61 Å². The van der Waals surface area contributed by atoms with Crippen LogP contribution in [-0.4, -0.2) is 16.8 Å². The fourth-order valence-electron chi connectivity index (χ4n) is 3.34. The van der Waals surface area contributed by atoms with Crippen molar-refractivity contribution in [2.45, 2.75) is 12.8 Å². The molecule has 1 atom stereocenters. The molecule has 140 valence electrons. The highest BCUT2D eigenvalue weighted by atomic mass is 35.5. The van der Waals surface area contributed by atoms with Crippen LogP contribution in [0.15, 0.2) is 60.0 Å². The van der Waals surface area contributed by atoms with Crippen molar-refractivity contribution in [1.82, 2.24) is 10.2 Å². The Kier molecular flexibility index (Phi) is 4.68. The first-order valence-corrected chi connectivity index (χ1v) is 9.14. The molecule has 0 saturated heterocycles. The number of fused-ring (bicyclic) bond motifs is 1. The van der Waals surface area contributed by atoms with Gasteiger partial charge in [0.05, 0.1) is 23.8 Å². The van der Waals surface area contributed by atoms with Crippen molar-refractivity contribution in [1.29, 1.82) is 5.26 Å². The predicted molar refractivity (Wildman–Crippen MR) is 106 cm³/mol. The van der Waals surface area contributed by atoms with E-state index in [-0.39, 0.29) is 5.88 Å². The number of nitrogens with two attached hydrogens (primary N) is 1. The third-order valence-corrected chi connectivity index (χ3v) is 4.85. The number of nitriles is 1. The number of benzene rings is 2. The van der Waals surface area contributed by atoms with Gasteiger partial charge in [0.2, 0.25) is 11.8 Å². The lowest BCUT2D eigenvalue weighted by Crippen LogP contribution is -2.20. The van der Waals surface area contributed by atoms with E-state index < -0.39 is 5.92 Å². The van der Waals surface area contributed by atoms with E-state index in [9.17, 15) is 5.26 Å². The molecule has 3 N–H and O–H groups in total. The molecule has 7 heteroatoms. The van der Waals surface area contributed by atoms with Crippen LogP contribution in [0, 0.1) is 11.3 Å². The molecule has 0 aliphatic carbocycles. The first kappa shape index (κ1) is 18.0. The number of allylic oxidation sites excluding steroid dienone is 1. The fraction of sp³-hybridized carbons (Fsp3) is 0.143. The summed E-state index contributed by atoms with van der Waals surface area (Å²) in [5.74, 6) is 0.790. The number of halogens is 1. The van der Waals surface area contributed by atoms with E-state index in [2.05, 4.69) is 16.3 Å². The van der Waals surface area contributed by atoms with Gasteiger partial charge in [-0.2, -0.15) is 5.26 Å². The van der Waals surface area contributed by atoms with Crippen LogP contribution in [-0.2, 0) is 0 Å². The summed E-state index contributed by atoms with van der Waals surface area (Å²) in [5, 5.41) is 17.6. The molecule has 2 aromatic carbocycles. The van der Waals surface area contributed by atoms with Gasteiger partial charge in [-0.15, -0.1) is 5.10 Å². The van der Waals surface area contributed by atoms with Gasteiger partial charge in [0.15, 0.2) is 0 Å². The zero-order valence-corrected chi connectivity index (χ0v) is 15.8. The quantitative estimate of drug-likeness (QED) is 0.688. The van der Waals surface area contributed by atoms with Crippen molar-refractivity contribution in [3.63, 3.8) is 0 Å². The lowest BCUT2D eigenvalue weighted by atomic mass is 9.83. The molecule has 0 spiro atoms. The summed E-state index contributed by atoms with van der Waals surface area (Å²) in [6.45, 7) is 2.54. The molecule has 3 aromatic rings. The van der Waals surface area contributed by atoms with Gasteiger partial charge in [-0.1, -0.05) is 23.7 Å². The first-order valence-electron chi connectivity index (χ1n) is 8.77. The van der Waals surface area contributed by atoms with Gasteiger partial charge in [-0.05, 0) is 48.9 Å². The fourth-order valence-corrected chi connectivity index (χ4v) is 3.46. The standard InChI is InChI=1S/C21H17ClN4O2/c1-2-27-15-9-5-13(6-10-15)19-18-17(12-3-7-14(22)8-4-12)16(11-23)20(24)28-21(18)26-25-19/h3-10,17H,2,24H2,1H3,(H,25,26)/t17-/m0/s1. The molecule has 28 heavy (non-hydrogen) atoms. The van der Waals surface area contributed by atoms with E-state index >= 15 is 0 Å². The number of H-pyrrole nitrogens is 1. The van der Waals surface area contributed by atoms with Gasteiger partial charge in [0.1, 0.15) is 17.4 Å². The van der Waals surface area contributed by atoms with Crippen molar-refractivity contribution < 1.29 is 9.47 Å². The Morgan fingerprint density at radius 1 is 1.21 bits per heavy atom. The molecular formula is C21H17ClN4O2. The number of rotatable bonds is 4. The monoisotopic (exact) mass is 392 g/mol. The molecular weight excluding hydrogens is 376 g/mol. The van der Waals surface area contributed by atoms with E-state index in [1.165, 1.54) is 0 Å². The van der Waals surface area contributed by atoms with E-state index in [1.807, 2.05) is 43.3 Å². The van der Waals surface area contributed by atoms with Crippen LogP contribution in [0.2, 0.25) is 5.02 Å². The van der Waals surface area contributed by atoms with Gasteiger partial charge in [-0.3, -0.25) is 5.10 Å². The second kappa shape index (κ2) is 7.29. The van der Waals surface area contributed by atoms with Crippen LogP contribution in [0.5, 0.6) is 11.6 Å². The van der Waals surface area contributed by atoms with Gasteiger partial charge < -0.3 is 15.2 Å². The summed E-state index contributed by atoms with van der Waals surface area (Å²) >= 11 is 6.04. The molecule has 1 aliphatic heterocycles. The van der Waals surface area contributed by atoms with Crippen LogP contribution >= 0.6 is 11.6 Å². The summed E-state index contributed by atoms with van der Waals surface area (Å²) in [6.07, 6.45) is 0. The minimum atomic E-state index is -0.411. The second-order valence-electron chi connectivity index (χ2n) is 6.25. The normalized spacial score (nSPS) is 15.5. The maximum Gasteiger partial charge on any atom is 0.244 e. The maximum atomic E-state index is 9.73. The Labute approximate surface area is 167 Å². The Morgan fingerprint density at radius 2 is 1.93 bits per heavy atom. The summed E-state index contributed by atoms with van der Waals surface area (Å²) in [4.78, 5) is 0. The average Bonchev–Trinajstić information content (AvgIpc) is 3.12. The van der Waals surface area contributed by atoms with Gasteiger partial charge in [0, 0.05) is 10.6 Å². The highest BCUT2D eigenvalue weighted by molar-refractivity contribution is 6.30. The third kappa shape index (κ3) is 3.06. The van der Waals surface area contributed by atoms with E-state index in [4.69, 9.17) is 26.8 Å². The number of ether oxygens (including phenoxy) is 2. The van der Waals surface area contributed by atoms with Crippen molar-refractivity contribution in [3.05, 3.63) is 76.1 Å². The Bertz CT molecular complexity index is 1080. The van der Waals surface area contributed by atoms with Gasteiger partial charge >= 0.3 is 0 Å². The number of nitrogens with one attached hydrogen (secondary N) is 1. The minimum absolute atomic E-state index is 0.0553. The van der Waals surface area contributed by atoms with Gasteiger partial charge in [0.25, 0.3) is 0 Å². The molecule has 0 fully saturated rings. The predicted octanol–water partition coefficient (Wildman–Crippen LogP) is 4.35. The Hall–Kier alpha value is -3.43. The van der Waals surface area contributed by atoms with Crippen LogP contribution in [0.1, 0.15) is 24.0 Å². The molecule has 0 saturated carbocycles. The summed E-state index contributed by atoms with van der Waals surface area (Å²) in [5.41, 5.74) is 9.64. The number of hydrogen-bond donors (Lipinski definition) is 2. The van der Waals surface area contributed by atoms with Crippen molar-refractivity contribution in [2.24, 2.45) is 5.73 Å². The summed E-state index contributed by atoms with van der Waals surface area (Å²) < 4.78 is 11.1. The van der Waals surface area contributed by atoms with E-state index in [1.54, 1.807) is 12.1 Å².